The Balaban J connectivity index is 1.66. The number of hydrogen-bond acceptors (Lipinski definition) is 7. The van der Waals surface area contributed by atoms with Crippen molar-refractivity contribution in [2.24, 2.45) is 13.0 Å². The van der Waals surface area contributed by atoms with Gasteiger partial charge >= 0.3 is 5.97 Å². The first-order valence-corrected chi connectivity index (χ1v) is 13.1. The zero-order valence-corrected chi connectivity index (χ0v) is 22.3. The van der Waals surface area contributed by atoms with E-state index in [9.17, 15) is 4.79 Å². The Labute approximate surface area is 226 Å². The van der Waals surface area contributed by atoms with Crippen molar-refractivity contribution in [3.05, 3.63) is 77.6 Å². The highest BCUT2D eigenvalue weighted by molar-refractivity contribution is 6.08. The average molecular weight is 526 g/mol. The summed E-state index contributed by atoms with van der Waals surface area (Å²) < 4.78 is 20.3. The molecule has 5 aromatic rings. The predicted molar refractivity (Wildman–Crippen MR) is 147 cm³/mol. The van der Waals surface area contributed by atoms with Crippen molar-refractivity contribution in [2.75, 3.05) is 27.4 Å². The fraction of sp³-hybridized carbons (Fsp3) is 0.333. The second kappa shape index (κ2) is 10.6. The number of aryl methyl sites for hydroxylation is 1. The summed E-state index contributed by atoms with van der Waals surface area (Å²) in [6.07, 6.45) is 3.74. The number of nitrogens with zero attached hydrogens (tertiary/aromatic N) is 5. The Hall–Kier alpha value is -4.08. The molecule has 4 heterocycles. The third kappa shape index (κ3) is 4.47. The van der Waals surface area contributed by atoms with Crippen LogP contribution < -0.4 is 0 Å². The molecular formula is C30H31N5O4. The van der Waals surface area contributed by atoms with Gasteiger partial charge in [0.25, 0.3) is 0 Å². The Bertz CT molecular complexity index is 1640. The molecule has 200 valence electrons. The largest absolute Gasteiger partial charge is 0.465 e. The minimum Gasteiger partial charge on any atom is -0.465 e. The summed E-state index contributed by atoms with van der Waals surface area (Å²) in [7, 11) is 4.93. The number of carbonyl (C=O) groups is 1. The van der Waals surface area contributed by atoms with Gasteiger partial charge in [-0.2, -0.15) is 0 Å². The second-order valence-corrected chi connectivity index (χ2v) is 9.93. The van der Waals surface area contributed by atoms with E-state index >= 15 is 0 Å². The Morgan fingerprint density at radius 2 is 1.87 bits per heavy atom. The van der Waals surface area contributed by atoms with E-state index in [2.05, 4.69) is 45.2 Å². The van der Waals surface area contributed by atoms with Gasteiger partial charge in [-0.05, 0) is 48.6 Å². The van der Waals surface area contributed by atoms with Crippen LogP contribution in [0.5, 0.6) is 0 Å². The van der Waals surface area contributed by atoms with Crippen LogP contribution in [0.25, 0.3) is 33.2 Å². The van der Waals surface area contributed by atoms with E-state index in [1.807, 2.05) is 31.4 Å². The zero-order chi connectivity index (χ0) is 26.9. The van der Waals surface area contributed by atoms with Crippen LogP contribution in [-0.2, 0) is 27.9 Å². The number of pyridine rings is 1. The van der Waals surface area contributed by atoms with Gasteiger partial charge in [-0.3, -0.25) is 4.98 Å². The van der Waals surface area contributed by atoms with E-state index < -0.39 is 0 Å². The van der Waals surface area contributed by atoms with Crippen LogP contribution in [0, 0.1) is 5.92 Å². The molecule has 0 radical (unpaired) electrons. The van der Waals surface area contributed by atoms with Crippen LogP contribution in [-0.4, -0.2) is 57.9 Å². The molecule has 1 aliphatic heterocycles. The molecule has 1 atom stereocenters. The first-order chi connectivity index (χ1) is 19.1. The molecule has 3 aromatic heterocycles. The maximum absolute atomic E-state index is 12.6. The first kappa shape index (κ1) is 25.2. The number of benzene rings is 2. The molecule has 0 unspecified atom stereocenters. The van der Waals surface area contributed by atoms with E-state index in [1.54, 1.807) is 17.9 Å². The van der Waals surface area contributed by atoms with Gasteiger partial charge in [0.15, 0.2) is 0 Å². The second-order valence-electron chi connectivity index (χ2n) is 9.93. The highest BCUT2D eigenvalue weighted by atomic mass is 16.5. The minimum atomic E-state index is -0.366. The van der Waals surface area contributed by atoms with Crippen molar-refractivity contribution in [1.29, 1.82) is 0 Å². The van der Waals surface area contributed by atoms with Gasteiger partial charge in [0.1, 0.15) is 5.69 Å². The van der Waals surface area contributed by atoms with Crippen molar-refractivity contribution in [3.8, 4) is 11.3 Å². The minimum absolute atomic E-state index is 0.0168. The molecule has 0 bridgehead atoms. The molecule has 2 aromatic carbocycles. The molecule has 0 N–H and O–H groups in total. The SMILES string of the molecule is COCc1nnn(C)c1-c1cnc2c3ccc(C(=O)OC)cc3n([C@H](c3ccccc3)C3CCOCC3)c2c1. The maximum Gasteiger partial charge on any atom is 0.337 e. The molecule has 6 rings (SSSR count). The van der Waals surface area contributed by atoms with Gasteiger partial charge in [-0.25, -0.2) is 9.48 Å². The topological polar surface area (TPSA) is 93.3 Å². The quantitative estimate of drug-likeness (QED) is 0.278. The number of aromatic nitrogens is 5. The highest BCUT2D eigenvalue weighted by Crippen LogP contribution is 2.41. The Morgan fingerprint density at radius 3 is 2.62 bits per heavy atom. The summed E-state index contributed by atoms with van der Waals surface area (Å²) in [5.41, 5.74) is 7.03. The molecule has 0 aliphatic carbocycles. The summed E-state index contributed by atoms with van der Waals surface area (Å²) in [5, 5.41) is 9.54. The number of rotatable bonds is 7. The first-order valence-electron chi connectivity index (χ1n) is 13.1. The summed E-state index contributed by atoms with van der Waals surface area (Å²) in [4.78, 5) is 17.6. The van der Waals surface area contributed by atoms with E-state index in [0.717, 1.165) is 64.9 Å². The van der Waals surface area contributed by atoms with Crippen molar-refractivity contribution in [1.82, 2.24) is 24.5 Å². The molecule has 0 spiro atoms. The summed E-state index contributed by atoms with van der Waals surface area (Å²) >= 11 is 0. The van der Waals surface area contributed by atoms with Crippen molar-refractivity contribution < 1.29 is 19.0 Å². The van der Waals surface area contributed by atoms with Gasteiger partial charge in [-0.1, -0.05) is 35.5 Å². The van der Waals surface area contributed by atoms with Gasteiger partial charge in [0.05, 0.1) is 47.6 Å². The van der Waals surface area contributed by atoms with Crippen LogP contribution in [0.15, 0.2) is 60.8 Å². The molecule has 1 saturated heterocycles. The van der Waals surface area contributed by atoms with Gasteiger partial charge < -0.3 is 18.8 Å². The van der Waals surface area contributed by atoms with E-state index in [0.29, 0.717) is 18.1 Å². The summed E-state index contributed by atoms with van der Waals surface area (Å²) in [5.74, 6) is -0.0253. The smallest absolute Gasteiger partial charge is 0.337 e. The fourth-order valence-corrected chi connectivity index (χ4v) is 5.88. The number of hydrogen-bond donors (Lipinski definition) is 0. The van der Waals surface area contributed by atoms with Gasteiger partial charge in [0.2, 0.25) is 0 Å². The highest BCUT2D eigenvalue weighted by Gasteiger charge is 2.30. The van der Waals surface area contributed by atoms with Crippen LogP contribution >= 0.6 is 0 Å². The Kier molecular flexibility index (Phi) is 6.85. The molecule has 1 fully saturated rings. The third-order valence-electron chi connectivity index (χ3n) is 7.64. The van der Waals surface area contributed by atoms with Crippen molar-refractivity contribution in [2.45, 2.75) is 25.5 Å². The van der Waals surface area contributed by atoms with Gasteiger partial charge in [0, 0.05) is 44.5 Å². The lowest BCUT2D eigenvalue weighted by Gasteiger charge is -2.33. The monoisotopic (exact) mass is 525 g/mol. The van der Waals surface area contributed by atoms with Crippen molar-refractivity contribution >= 4 is 27.9 Å². The number of carbonyl (C=O) groups excluding carboxylic acids is 1. The lowest BCUT2D eigenvalue weighted by atomic mass is 9.86. The van der Waals surface area contributed by atoms with Crippen LogP contribution in [0.4, 0.5) is 0 Å². The number of esters is 1. The van der Waals surface area contributed by atoms with Gasteiger partial charge in [-0.15, -0.1) is 5.10 Å². The number of fused-ring (bicyclic) bond motifs is 3. The lowest BCUT2D eigenvalue weighted by Crippen LogP contribution is -2.27. The summed E-state index contributed by atoms with van der Waals surface area (Å²) in [6.45, 7) is 1.80. The standard InChI is InChI=1S/C30H31N5O4/c1-34-29(24(18-37-2)32-33-34)22-16-26-27(31-17-22)23-10-9-21(30(36)38-3)15-25(23)35(26)28(19-7-5-4-6-8-19)20-11-13-39-14-12-20/h4-10,15-17,20,28H,11-14,18H2,1-3H3/t28-/m1/s1. The molecule has 0 amide bonds. The number of ether oxygens (including phenoxy) is 3. The molecular weight excluding hydrogens is 494 g/mol. The van der Waals surface area contributed by atoms with E-state index in [1.165, 1.54) is 12.7 Å². The molecule has 39 heavy (non-hydrogen) atoms. The van der Waals surface area contributed by atoms with Crippen LogP contribution in [0.3, 0.4) is 0 Å². The van der Waals surface area contributed by atoms with Crippen LogP contribution in [0.1, 0.15) is 40.5 Å². The maximum atomic E-state index is 12.6. The molecule has 9 heteroatoms. The molecule has 0 saturated carbocycles. The van der Waals surface area contributed by atoms with Crippen molar-refractivity contribution in [3.63, 3.8) is 0 Å². The van der Waals surface area contributed by atoms with E-state index in [4.69, 9.17) is 19.2 Å². The lowest BCUT2D eigenvalue weighted by molar-refractivity contribution is 0.0553. The summed E-state index contributed by atoms with van der Waals surface area (Å²) in [6, 6.07) is 18.5. The van der Waals surface area contributed by atoms with E-state index in [-0.39, 0.29) is 12.0 Å². The normalized spacial score (nSPS) is 15.2. The fourth-order valence-electron chi connectivity index (χ4n) is 5.88. The molecule has 9 nitrogen and oxygen atoms in total. The van der Waals surface area contributed by atoms with Crippen LogP contribution in [0.2, 0.25) is 0 Å². The average Bonchev–Trinajstić information content (AvgIpc) is 3.50. The number of methoxy groups -OCH3 is 2. The third-order valence-corrected chi connectivity index (χ3v) is 7.64. The Morgan fingerprint density at radius 1 is 1.08 bits per heavy atom. The predicted octanol–water partition coefficient (Wildman–Crippen LogP) is 4.93. The zero-order valence-electron chi connectivity index (χ0n) is 22.3. The molecule has 1 aliphatic rings.